The molecule has 0 aliphatic carbocycles. The summed E-state index contributed by atoms with van der Waals surface area (Å²) in [7, 11) is 0. The molecule has 0 radical (unpaired) electrons. The molecule has 6 heteroatoms. The fraction of sp³-hybridized carbons (Fsp3) is 0.600. The quantitative estimate of drug-likeness (QED) is 0.882. The molecule has 1 aliphatic rings. The Hall–Kier alpha value is -1.98. The van der Waals surface area contributed by atoms with Crippen LogP contribution in [0.5, 0.6) is 0 Å². The highest BCUT2D eigenvalue weighted by Crippen LogP contribution is 2.20. The van der Waals surface area contributed by atoms with Crippen molar-refractivity contribution < 1.29 is 9.59 Å². The van der Waals surface area contributed by atoms with Gasteiger partial charge in [-0.25, -0.2) is 9.97 Å². The van der Waals surface area contributed by atoms with Gasteiger partial charge < -0.3 is 10.2 Å². The third-order valence-corrected chi connectivity index (χ3v) is 3.64. The molecule has 1 saturated heterocycles. The summed E-state index contributed by atoms with van der Waals surface area (Å²) in [6.45, 7) is 6.15. The Labute approximate surface area is 125 Å². The summed E-state index contributed by atoms with van der Waals surface area (Å²) in [5.74, 6) is 0.475. The highest BCUT2D eigenvalue weighted by atomic mass is 16.2. The van der Waals surface area contributed by atoms with Crippen LogP contribution in [0.3, 0.4) is 0 Å². The lowest BCUT2D eigenvalue weighted by molar-refractivity contribution is -0.152. The van der Waals surface area contributed by atoms with Gasteiger partial charge in [0.25, 0.3) is 0 Å². The molecule has 1 aromatic heterocycles. The molecule has 0 spiro atoms. The lowest BCUT2D eigenvalue weighted by atomic mass is 9.95. The summed E-state index contributed by atoms with van der Waals surface area (Å²) in [6, 6.07) is 0.837. The SMILES string of the molecule is CCCC1NC(=O)C(C(C)C)N(Cc2ncccn2)C1=O. The average molecular weight is 290 g/mol. The van der Waals surface area contributed by atoms with E-state index in [0.717, 1.165) is 6.42 Å². The first-order valence-corrected chi connectivity index (χ1v) is 7.41. The van der Waals surface area contributed by atoms with E-state index in [9.17, 15) is 9.59 Å². The van der Waals surface area contributed by atoms with Crippen molar-refractivity contribution in [1.29, 1.82) is 0 Å². The molecule has 2 heterocycles. The summed E-state index contributed by atoms with van der Waals surface area (Å²) in [5.41, 5.74) is 0. The molecule has 1 N–H and O–H groups in total. The first-order chi connectivity index (χ1) is 10.0. The second-order valence-electron chi connectivity index (χ2n) is 5.67. The Morgan fingerprint density at radius 2 is 1.95 bits per heavy atom. The van der Waals surface area contributed by atoms with Crippen molar-refractivity contribution in [2.45, 2.75) is 52.2 Å². The zero-order valence-electron chi connectivity index (χ0n) is 12.7. The van der Waals surface area contributed by atoms with Gasteiger partial charge in [0.15, 0.2) is 0 Å². The van der Waals surface area contributed by atoms with E-state index in [4.69, 9.17) is 0 Å². The van der Waals surface area contributed by atoms with E-state index in [1.807, 2.05) is 20.8 Å². The third kappa shape index (κ3) is 3.37. The Morgan fingerprint density at radius 1 is 1.29 bits per heavy atom. The van der Waals surface area contributed by atoms with Gasteiger partial charge >= 0.3 is 0 Å². The van der Waals surface area contributed by atoms with Crippen LogP contribution in [0.1, 0.15) is 39.4 Å². The Bertz CT molecular complexity index is 504. The van der Waals surface area contributed by atoms with Crippen molar-refractivity contribution in [1.82, 2.24) is 20.2 Å². The maximum atomic E-state index is 12.6. The van der Waals surface area contributed by atoms with E-state index in [2.05, 4.69) is 15.3 Å². The van der Waals surface area contributed by atoms with Crippen LogP contribution in [0.2, 0.25) is 0 Å². The van der Waals surface area contributed by atoms with Crippen molar-refractivity contribution in [3.05, 3.63) is 24.3 Å². The molecule has 2 atom stereocenters. The molecule has 6 nitrogen and oxygen atoms in total. The fourth-order valence-corrected chi connectivity index (χ4v) is 2.68. The van der Waals surface area contributed by atoms with Gasteiger partial charge in [0.05, 0.1) is 6.54 Å². The van der Waals surface area contributed by atoms with Crippen LogP contribution in [0.25, 0.3) is 0 Å². The van der Waals surface area contributed by atoms with Crippen LogP contribution in [0.4, 0.5) is 0 Å². The molecule has 0 saturated carbocycles. The molecule has 2 amide bonds. The number of rotatable bonds is 5. The topological polar surface area (TPSA) is 75.2 Å². The summed E-state index contributed by atoms with van der Waals surface area (Å²) in [6.07, 6.45) is 4.79. The zero-order chi connectivity index (χ0) is 15.4. The van der Waals surface area contributed by atoms with Crippen molar-refractivity contribution in [2.75, 3.05) is 0 Å². The molecule has 1 aromatic rings. The standard InChI is InChI=1S/C15H22N4O2/c1-4-6-11-15(21)19(9-12-16-7-5-8-17-12)13(10(2)3)14(20)18-11/h5,7-8,10-11,13H,4,6,9H2,1-3H3,(H,18,20). The Balaban J connectivity index is 2.25. The molecule has 0 aromatic carbocycles. The van der Waals surface area contributed by atoms with E-state index in [-0.39, 0.29) is 24.3 Å². The van der Waals surface area contributed by atoms with Crippen molar-refractivity contribution >= 4 is 11.8 Å². The van der Waals surface area contributed by atoms with E-state index in [1.54, 1.807) is 23.4 Å². The van der Waals surface area contributed by atoms with Gasteiger partial charge in [0.1, 0.15) is 17.9 Å². The predicted molar refractivity (Wildman–Crippen MR) is 78.0 cm³/mol. The third-order valence-electron chi connectivity index (χ3n) is 3.64. The van der Waals surface area contributed by atoms with Crippen LogP contribution >= 0.6 is 0 Å². The highest BCUT2D eigenvalue weighted by molar-refractivity contribution is 5.97. The highest BCUT2D eigenvalue weighted by Gasteiger charge is 2.41. The number of hydrogen-bond acceptors (Lipinski definition) is 4. The van der Waals surface area contributed by atoms with Crippen molar-refractivity contribution in [3.63, 3.8) is 0 Å². The fourth-order valence-electron chi connectivity index (χ4n) is 2.68. The van der Waals surface area contributed by atoms with Gasteiger partial charge in [0, 0.05) is 12.4 Å². The lowest BCUT2D eigenvalue weighted by Crippen LogP contribution is -2.64. The second kappa shape index (κ2) is 6.65. The van der Waals surface area contributed by atoms with Crippen LogP contribution in [0, 0.1) is 5.92 Å². The molecule has 0 bridgehead atoms. The number of nitrogens with one attached hydrogen (secondary N) is 1. The molecule has 21 heavy (non-hydrogen) atoms. The molecular formula is C15H22N4O2. The minimum absolute atomic E-state index is 0.0393. The van der Waals surface area contributed by atoms with Crippen molar-refractivity contribution in [2.24, 2.45) is 5.92 Å². The van der Waals surface area contributed by atoms with Gasteiger partial charge in [-0.15, -0.1) is 0 Å². The number of hydrogen-bond donors (Lipinski definition) is 1. The van der Waals surface area contributed by atoms with E-state index < -0.39 is 12.1 Å². The van der Waals surface area contributed by atoms with Crippen LogP contribution < -0.4 is 5.32 Å². The Kier molecular flexibility index (Phi) is 4.88. The van der Waals surface area contributed by atoms with E-state index in [0.29, 0.717) is 12.2 Å². The zero-order valence-corrected chi connectivity index (χ0v) is 12.7. The predicted octanol–water partition coefficient (Wildman–Crippen LogP) is 1.13. The monoisotopic (exact) mass is 290 g/mol. The summed E-state index contributed by atoms with van der Waals surface area (Å²) in [4.78, 5) is 34.9. The first kappa shape index (κ1) is 15.4. The molecule has 2 unspecified atom stereocenters. The maximum absolute atomic E-state index is 12.6. The van der Waals surface area contributed by atoms with Gasteiger partial charge in [-0.1, -0.05) is 27.2 Å². The van der Waals surface area contributed by atoms with Gasteiger partial charge in [-0.05, 0) is 18.4 Å². The number of carbonyl (C=O) groups is 2. The average Bonchev–Trinajstić information content (AvgIpc) is 2.45. The molecule has 2 rings (SSSR count). The minimum atomic E-state index is -0.464. The number of aromatic nitrogens is 2. The minimum Gasteiger partial charge on any atom is -0.342 e. The maximum Gasteiger partial charge on any atom is 0.246 e. The molecule has 114 valence electrons. The number of carbonyl (C=O) groups excluding carboxylic acids is 2. The molecule has 1 fully saturated rings. The summed E-state index contributed by atoms with van der Waals surface area (Å²) < 4.78 is 0. The van der Waals surface area contributed by atoms with E-state index in [1.165, 1.54) is 0 Å². The lowest BCUT2D eigenvalue weighted by Gasteiger charge is -2.40. The smallest absolute Gasteiger partial charge is 0.246 e. The molecule has 1 aliphatic heterocycles. The first-order valence-electron chi connectivity index (χ1n) is 7.41. The van der Waals surface area contributed by atoms with Gasteiger partial charge in [-0.3, -0.25) is 9.59 Å². The second-order valence-corrected chi connectivity index (χ2v) is 5.67. The Morgan fingerprint density at radius 3 is 2.52 bits per heavy atom. The van der Waals surface area contributed by atoms with E-state index >= 15 is 0 Å². The van der Waals surface area contributed by atoms with Crippen LogP contribution in [-0.2, 0) is 16.1 Å². The molecular weight excluding hydrogens is 268 g/mol. The number of amides is 2. The summed E-state index contributed by atoms with van der Waals surface area (Å²) >= 11 is 0. The van der Waals surface area contributed by atoms with Crippen LogP contribution in [0.15, 0.2) is 18.5 Å². The number of nitrogens with zero attached hydrogens (tertiary/aromatic N) is 3. The van der Waals surface area contributed by atoms with Crippen molar-refractivity contribution in [3.8, 4) is 0 Å². The van der Waals surface area contributed by atoms with Crippen LogP contribution in [-0.4, -0.2) is 38.8 Å². The van der Waals surface area contributed by atoms with Gasteiger partial charge in [0.2, 0.25) is 11.8 Å². The summed E-state index contributed by atoms with van der Waals surface area (Å²) in [5, 5.41) is 2.84. The van der Waals surface area contributed by atoms with Gasteiger partial charge in [-0.2, -0.15) is 0 Å². The normalized spacial score (nSPS) is 22.6. The largest absolute Gasteiger partial charge is 0.342 e. The number of piperazine rings is 1.